The summed E-state index contributed by atoms with van der Waals surface area (Å²) in [6.45, 7) is 5.31. The van der Waals surface area contributed by atoms with E-state index in [-0.39, 0.29) is 5.91 Å². The fourth-order valence-corrected chi connectivity index (χ4v) is 3.71. The number of imidazole rings is 1. The summed E-state index contributed by atoms with van der Waals surface area (Å²) in [5.74, 6) is 0.0165. The molecule has 5 nitrogen and oxygen atoms in total. The monoisotopic (exact) mass is 398 g/mol. The molecule has 30 heavy (non-hydrogen) atoms. The van der Waals surface area contributed by atoms with Gasteiger partial charge in [-0.1, -0.05) is 43.3 Å². The van der Waals surface area contributed by atoms with Crippen LogP contribution in [-0.2, 0) is 19.4 Å². The van der Waals surface area contributed by atoms with Gasteiger partial charge in [0.2, 0.25) is 0 Å². The van der Waals surface area contributed by atoms with Gasteiger partial charge < -0.3 is 9.30 Å². The molecule has 0 saturated heterocycles. The Hall–Kier alpha value is -3.47. The van der Waals surface area contributed by atoms with Gasteiger partial charge in [0.1, 0.15) is 5.65 Å². The quantitative estimate of drug-likeness (QED) is 0.461. The average Bonchev–Trinajstić information content (AvgIpc) is 3.12. The van der Waals surface area contributed by atoms with E-state index in [9.17, 15) is 4.79 Å². The molecule has 0 fully saturated rings. The van der Waals surface area contributed by atoms with Crippen molar-refractivity contribution in [3.63, 3.8) is 0 Å². The first-order valence-electron chi connectivity index (χ1n) is 10.4. The lowest BCUT2D eigenvalue weighted by molar-refractivity contribution is 0.0744. The molecule has 4 aromatic rings. The standard InChI is InChI=1S/C25H26N4O/c1-3-23-19(2)29-18-21(12-13-24(29)27-23)25(30)28(17-20-9-5-4-6-10-20)16-14-22-11-7-8-15-26-22/h4-13,15,18H,3,14,16-17H2,1-2H3. The first-order valence-corrected chi connectivity index (χ1v) is 10.4. The van der Waals surface area contributed by atoms with Crippen LogP contribution in [0.4, 0.5) is 0 Å². The van der Waals surface area contributed by atoms with Crippen LogP contribution in [0, 0.1) is 6.92 Å². The maximum Gasteiger partial charge on any atom is 0.255 e. The molecule has 0 spiro atoms. The minimum atomic E-state index is 0.0165. The molecule has 3 heterocycles. The van der Waals surface area contributed by atoms with Gasteiger partial charge in [-0.25, -0.2) is 4.98 Å². The molecule has 0 saturated carbocycles. The number of aromatic nitrogens is 3. The third-order valence-electron chi connectivity index (χ3n) is 5.40. The maximum absolute atomic E-state index is 13.5. The third kappa shape index (κ3) is 4.25. The summed E-state index contributed by atoms with van der Waals surface area (Å²) >= 11 is 0. The summed E-state index contributed by atoms with van der Waals surface area (Å²) in [7, 11) is 0. The van der Waals surface area contributed by atoms with E-state index in [0.29, 0.717) is 25.1 Å². The summed E-state index contributed by atoms with van der Waals surface area (Å²) in [5.41, 5.74) is 5.80. The van der Waals surface area contributed by atoms with Crippen LogP contribution >= 0.6 is 0 Å². The second-order valence-corrected chi connectivity index (χ2v) is 7.43. The van der Waals surface area contributed by atoms with Gasteiger partial charge in [-0.3, -0.25) is 9.78 Å². The Labute approximate surface area is 177 Å². The highest BCUT2D eigenvalue weighted by atomic mass is 16.2. The van der Waals surface area contributed by atoms with E-state index in [4.69, 9.17) is 0 Å². The van der Waals surface area contributed by atoms with E-state index in [1.54, 1.807) is 6.20 Å². The SMILES string of the molecule is CCc1nc2ccc(C(=O)N(CCc3ccccn3)Cc3ccccc3)cn2c1C. The highest BCUT2D eigenvalue weighted by Gasteiger charge is 2.18. The van der Waals surface area contributed by atoms with Crippen molar-refractivity contribution in [1.29, 1.82) is 0 Å². The summed E-state index contributed by atoms with van der Waals surface area (Å²) < 4.78 is 2.02. The van der Waals surface area contributed by atoms with Crippen molar-refractivity contribution in [3.8, 4) is 0 Å². The van der Waals surface area contributed by atoms with Gasteiger partial charge in [0.05, 0.1) is 11.3 Å². The Balaban J connectivity index is 1.62. The van der Waals surface area contributed by atoms with Crippen molar-refractivity contribution >= 4 is 11.6 Å². The number of carbonyl (C=O) groups excluding carboxylic acids is 1. The Kier molecular flexibility index (Phi) is 5.89. The summed E-state index contributed by atoms with van der Waals surface area (Å²) in [4.78, 5) is 24.4. The second kappa shape index (κ2) is 8.91. The molecule has 0 unspecified atom stereocenters. The summed E-state index contributed by atoms with van der Waals surface area (Å²) in [5, 5.41) is 0. The molecular weight excluding hydrogens is 372 g/mol. The van der Waals surface area contributed by atoms with Gasteiger partial charge in [0, 0.05) is 43.3 Å². The molecule has 0 aliphatic carbocycles. The molecule has 0 aliphatic heterocycles. The second-order valence-electron chi connectivity index (χ2n) is 7.43. The molecule has 5 heteroatoms. The van der Waals surface area contributed by atoms with Gasteiger partial charge >= 0.3 is 0 Å². The minimum Gasteiger partial charge on any atom is -0.334 e. The molecule has 4 rings (SSSR count). The minimum absolute atomic E-state index is 0.0165. The Morgan fingerprint density at radius 1 is 1.03 bits per heavy atom. The van der Waals surface area contributed by atoms with Gasteiger partial charge in [0.15, 0.2) is 0 Å². The number of nitrogens with zero attached hydrogens (tertiary/aromatic N) is 4. The van der Waals surface area contributed by atoms with Gasteiger partial charge in [-0.05, 0) is 43.2 Å². The molecule has 0 aliphatic rings. The lowest BCUT2D eigenvalue weighted by Gasteiger charge is -2.23. The smallest absolute Gasteiger partial charge is 0.255 e. The number of amides is 1. The summed E-state index contributed by atoms with van der Waals surface area (Å²) in [6.07, 6.45) is 5.30. The number of aryl methyl sites for hydroxylation is 2. The fourth-order valence-electron chi connectivity index (χ4n) is 3.71. The molecule has 0 radical (unpaired) electrons. The van der Waals surface area contributed by atoms with Crippen LogP contribution in [0.5, 0.6) is 0 Å². The number of fused-ring (bicyclic) bond motifs is 1. The average molecular weight is 399 g/mol. The topological polar surface area (TPSA) is 50.5 Å². The zero-order valence-corrected chi connectivity index (χ0v) is 17.5. The molecule has 0 N–H and O–H groups in total. The van der Waals surface area contributed by atoms with Gasteiger partial charge in [-0.15, -0.1) is 0 Å². The Bertz CT molecular complexity index is 1140. The van der Waals surface area contributed by atoms with Gasteiger partial charge in [-0.2, -0.15) is 0 Å². The molecule has 3 aromatic heterocycles. The Morgan fingerprint density at radius 3 is 2.57 bits per heavy atom. The van der Waals surface area contributed by atoms with Crippen molar-refractivity contribution in [1.82, 2.24) is 19.3 Å². The number of rotatable bonds is 7. The molecule has 1 aromatic carbocycles. The number of hydrogen-bond acceptors (Lipinski definition) is 3. The van der Waals surface area contributed by atoms with E-state index < -0.39 is 0 Å². The van der Waals surface area contributed by atoms with Crippen LogP contribution in [0.3, 0.4) is 0 Å². The normalized spacial score (nSPS) is 11.0. The van der Waals surface area contributed by atoms with Crippen molar-refractivity contribution in [3.05, 3.63) is 101 Å². The van der Waals surface area contributed by atoms with E-state index in [1.807, 2.05) is 64.0 Å². The van der Waals surface area contributed by atoms with Gasteiger partial charge in [0.25, 0.3) is 5.91 Å². The highest BCUT2D eigenvalue weighted by Crippen LogP contribution is 2.16. The van der Waals surface area contributed by atoms with Crippen LogP contribution < -0.4 is 0 Å². The molecular formula is C25H26N4O. The van der Waals surface area contributed by atoms with Crippen LogP contribution in [0.15, 0.2) is 73.1 Å². The lowest BCUT2D eigenvalue weighted by Crippen LogP contribution is -2.32. The number of carbonyl (C=O) groups is 1. The fraction of sp³-hybridized carbons (Fsp3) is 0.240. The van der Waals surface area contributed by atoms with E-state index in [0.717, 1.165) is 34.7 Å². The van der Waals surface area contributed by atoms with Crippen LogP contribution in [0.25, 0.3) is 5.65 Å². The van der Waals surface area contributed by atoms with Crippen LogP contribution in [0.2, 0.25) is 0 Å². The predicted octanol–water partition coefficient (Wildman–Crippen LogP) is 4.49. The van der Waals surface area contributed by atoms with E-state index in [1.165, 1.54) is 0 Å². The summed E-state index contributed by atoms with van der Waals surface area (Å²) in [6, 6.07) is 19.8. The maximum atomic E-state index is 13.5. The number of pyridine rings is 2. The molecule has 152 valence electrons. The van der Waals surface area contributed by atoms with Crippen LogP contribution in [0.1, 0.15) is 39.9 Å². The van der Waals surface area contributed by atoms with Crippen molar-refractivity contribution in [2.75, 3.05) is 6.54 Å². The molecule has 0 atom stereocenters. The van der Waals surface area contributed by atoms with Crippen molar-refractivity contribution in [2.24, 2.45) is 0 Å². The number of hydrogen-bond donors (Lipinski definition) is 0. The highest BCUT2D eigenvalue weighted by molar-refractivity contribution is 5.94. The largest absolute Gasteiger partial charge is 0.334 e. The lowest BCUT2D eigenvalue weighted by atomic mass is 10.1. The zero-order valence-electron chi connectivity index (χ0n) is 17.5. The van der Waals surface area contributed by atoms with Crippen molar-refractivity contribution < 1.29 is 4.79 Å². The molecule has 0 bridgehead atoms. The third-order valence-corrected chi connectivity index (χ3v) is 5.40. The number of benzene rings is 1. The zero-order chi connectivity index (χ0) is 20.9. The van der Waals surface area contributed by atoms with Crippen LogP contribution in [-0.4, -0.2) is 31.7 Å². The Morgan fingerprint density at radius 2 is 1.83 bits per heavy atom. The first-order chi connectivity index (χ1) is 14.7. The van der Waals surface area contributed by atoms with E-state index in [2.05, 4.69) is 35.9 Å². The van der Waals surface area contributed by atoms with Crippen molar-refractivity contribution in [2.45, 2.75) is 33.2 Å². The van der Waals surface area contributed by atoms with E-state index >= 15 is 0 Å². The molecule has 1 amide bonds. The predicted molar refractivity (Wildman–Crippen MR) is 118 cm³/mol. The first kappa shape index (κ1) is 19.8.